The quantitative estimate of drug-likeness (QED) is 0.877. The molecule has 0 aliphatic heterocycles. The average Bonchev–Trinajstić information content (AvgIpc) is 2.88. The third-order valence-electron chi connectivity index (χ3n) is 3.00. The van der Waals surface area contributed by atoms with Crippen molar-refractivity contribution in [3.8, 4) is 5.75 Å². The van der Waals surface area contributed by atoms with Gasteiger partial charge < -0.3 is 10.1 Å². The second kappa shape index (κ2) is 6.43. The molecule has 0 saturated heterocycles. The number of hydrogen-bond acceptors (Lipinski definition) is 4. The number of nitrogens with one attached hydrogen (secondary N) is 1. The van der Waals surface area contributed by atoms with Gasteiger partial charge in [0.15, 0.2) is 11.6 Å². The molecule has 2 rings (SSSR count). The number of hydrogen-bond donors (Lipinski definition) is 1. The summed E-state index contributed by atoms with van der Waals surface area (Å²) in [6.45, 7) is 9.30. The van der Waals surface area contributed by atoms with Crippen molar-refractivity contribution in [2.75, 3.05) is 11.9 Å². The van der Waals surface area contributed by atoms with E-state index >= 15 is 0 Å². The zero-order valence-corrected chi connectivity index (χ0v) is 13.7. The second-order valence-electron chi connectivity index (χ2n) is 5.81. The summed E-state index contributed by atoms with van der Waals surface area (Å²) in [5.41, 5.74) is 1.87. The van der Waals surface area contributed by atoms with Gasteiger partial charge in [0.25, 0.3) is 0 Å². The SMILES string of the molecule is CCOc1ccc(NCc2nc(C(C)(C)C)cs2)cc1F. The molecular weight excluding hydrogens is 287 g/mol. The Hall–Kier alpha value is -1.62. The third-order valence-corrected chi connectivity index (χ3v) is 3.84. The molecule has 0 radical (unpaired) electrons. The van der Waals surface area contributed by atoms with Gasteiger partial charge in [0.2, 0.25) is 0 Å². The molecule has 0 saturated carbocycles. The highest BCUT2D eigenvalue weighted by Gasteiger charge is 2.17. The fourth-order valence-electron chi connectivity index (χ4n) is 1.80. The summed E-state index contributed by atoms with van der Waals surface area (Å²) in [5.74, 6) is -0.0660. The minimum atomic E-state index is -0.351. The van der Waals surface area contributed by atoms with Crippen molar-refractivity contribution in [1.29, 1.82) is 0 Å². The number of thiazole rings is 1. The van der Waals surface area contributed by atoms with Gasteiger partial charge in [-0.1, -0.05) is 20.8 Å². The maximum absolute atomic E-state index is 13.7. The number of rotatable bonds is 5. The summed E-state index contributed by atoms with van der Waals surface area (Å²) in [6.07, 6.45) is 0. The van der Waals surface area contributed by atoms with Gasteiger partial charge in [0.1, 0.15) is 5.01 Å². The van der Waals surface area contributed by atoms with Crippen LogP contribution in [-0.2, 0) is 12.0 Å². The van der Waals surface area contributed by atoms with Gasteiger partial charge >= 0.3 is 0 Å². The third kappa shape index (κ3) is 4.17. The van der Waals surface area contributed by atoms with E-state index in [0.29, 0.717) is 13.2 Å². The van der Waals surface area contributed by atoms with Gasteiger partial charge in [-0.05, 0) is 19.1 Å². The predicted molar refractivity (Wildman–Crippen MR) is 85.7 cm³/mol. The highest BCUT2D eigenvalue weighted by Crippen LogP contribution is 2.25. The van der Waals surface area contributed by atoms with Crippen molar-refractivity contribution >= 4 is 17.0 Å². The lowest BCUT2D eigenvalue weighted by atomic mass is 9.93. The molecule has 0 bridgehead atoms. The number of ether oxygens (including phenoxy) is 1. The van der Waals surface area contributed by atoms with Crippen LogP contribution in [0.3, 0.4) is 0 Å². The van der Waals surface area contributed by atoms with E-state index < -0.39 is 0 Å². The Morgan fingerprint density at radius 1 is 1.33 bits per heavy atom. The number of halogens is 1. The molecule has 3 nitrogen and oxygen atoms in total. The molecule has 1 aromatic carbocycles. The van der Waals surface area contributed by atoms with Crippen LogP contribution in [0, 0.1) is 5.82 Å². The Labute approximate surface area is 129 Å². The van der Waals surface area contributed by atoms with E-state index in [0.717, 1.165) is 16.4 Å². The summed E-state index contributed by atoms with van der Waals surface area (Å²) in [7, 11) is 0. The summed E-state index contributed by atoms with van der Waals surface area (Å²) in [5, 5.41) is 6.26. The molecule has 5 heteroatoms. The molecule has 0 aliphatic rings. The van der Waals surface area contributed by atoms with E-state index in [2.05, 4.69) is 36.5 Å². The summed E-state index contributed by atoms with van der Waals surface area (Å²) in [6, 6.07) is 4.90. The zero-order chi connectivity index (χ0) is 15.5. The van der Waals surface area contributed by atoms with Crippen LogP contribution in [0.15, 0.2) is 23.6 Å². The maximum atomic E-state index is 13.7. The van der Waals surface area contributed by atoms with Crippen LogP contribution in [0.25, 0.3) is 0 Å². The van der Waals surface area contributed by atoms with Gasteiger partial charge in [-0.25, -0.2) is 9.37 Å². The fourth-order valence-corrected chi connectivity index (χ4v) is 2.76. The largest absolute Gasteiger partial charge is 0.491 e. The molecule has 0 atom stereocenters. The Kier molecular flexibility index (Phi) is 4.83. The van der Waals surface area contributed by atoms with E-state index in [9.17, 15) is 4.39 Å². The Morgan fingerprint density at radius 2 is 2.10 bits per heavy atom. The topological polar surface area (TPSA) is 34.1 Å². The van der Waals surface area contributed by atoms with Crippen molar-refractivity contribution in [3.05, 3.63) is 40.1 Å². The summed E-state index contributed by atoms with van der Waals surface area (Å²) < 4.78 is 18.9. The minimum Gasteiger partial charge on any atom is -0.491 e. The Balaban J connectivity index is 2.00. The highest BCUT2D eigenvalue weighted by atomic mass is 32.1. The first-order valence-corrected chi connectivity index (χ1v) is 7.89. The van der Waals surface area contributed by atoms with Gasteiger partial charge in [-0.15, -0.1) is 11.3 Å². The molecule has 0 aliphatic carbocycles. The first-order valence-electron chi connectivity index (χ1n) is 7.01. The molecule has 1 aromatic heterocycles. The number of aromatic nitrogens is 1. The van der Waals surface area contributed by atoms with E-state index in [1.165, 1.54) is 6.07 Å². The van der Waals surface area contributed by atoms with E-state index in [4.69, 9.17) is 4.74 Å². The number of benzene rings is 1. The highest BCUT2D eigenvalue weighted by molar-refractivity contribution is 7.09. The molecule has 1 N–H and O–H groups in total. The van der Waals surface area contributed by atoms with Crippen LogP contribution < -0.4 is 10.1 Å². The lowest BCUT2D eigenvalue weighted by Gasteiger charge is -2.14. The first-order chi connectivity index (χ1) is 9.90. The maximum Gasteiger partial charge on any atom is 0.167 e. The van der Waals surface area contributed by atoms with Gasteiger partial charge in [-0.2, -0.15) is 0 Å². The number of nitrogens with zero attached hydrogens (tertiary/aromatic N) is 1. The van der Waals surface area contributed by atoms with Gasteiger partial charge in [0, 0.05) is 22.5 Å². The molecule has 0 amide bonds. The lowest BCUT2D eigenvalue weighted by molar-refractivity contribution is 0.321. The van der Waals surface area contributed by atoms with E-state index in [-0.39, 0.29) is 17.0 Å². The van der Waals surface area contributed by atoms with Crippen LogP contribution in [-0.4, -0.2) is 11.6 Å². The first kappa shape index (κ1) is 15.8. The Morgan fingerprint density at radius 3 is 2.67 bits per heavy atom. The van der Waals surface area contributed by atoms with Crippen molar-refractivity contribution in [3.63, 3.8) is 0 Å². The van der Waals surface area contributed by atoms with Crippen LogP contribution in [0.1, 0.15) is 38.4 Å². The fraction of sp³-hybridized carbons (Fsp3) is 0.438. The molecule has 0 spiro atoms. The molecule has 21 heavy (non-hydrogen) atoms. The van der Waals surface area contributed by atoms with E-state index in [1.54, 1.807) is 17.4 Å². The molecule has 114 valence electrons. The van der Waals surface area contributed by atoms with Gasteiger partial charge in [-0.3, -0.25) is 0 Å². The van der Waals surface area contributed by atoms with Crippen molar-refractivity contribution in [2.45, 2.75) is 39.7 Å². The summed E-state index contributed by atoms with van der Waals surface area (Å²) in [4.78, 5) is 4.60. The van der Waals surface area contributed by atoms with Crippen LogP contribution >= 0.6 is 11.3 Å². The number of anilines is 1. The predicted octanol–water partition coefficient (Wildman–Crippen LogP) is 4.59. The average molecular weight is 308 g/mol. The zero-order valence-electron chi connectivity index (χ0n) is 12.9. The summed E-state index contributed by atoms with van der Waals surface area (Å²) >= 11 is 1.62. The second-order valence-corrected chi connectivity index (χ2v) is 6.75. The lowest BCUT2D eigenvalue weighted by Crippen LogP contribution is -2.11. The van der Waals surface area contributed by atoms with Gasteiger partial charge in [0.05, 0.1) is 18.8 Å². The normalized spacial score (nSPS) is 11.5. The molecule has 2 aromatic rings. The van der Waals surface area contributed by atoms with Crippen molar-refractivity contribution in [1.82, 2.24) is 4.98 Å². The minimum absolute atomic E-state index is 0.0556. The molecule has 1 heterocycles. The van der Waals surface area contributed by atoms with E-state index in [1.807, 2.05) is 13.0 Å². The molecular formula is C16H21FN2OS. The Bertz CT molecular complexity index is 605. The standard InChI is InChI=1S/C16H21FN2OS/c1-5-20-13-7-6-11(8-12(13)17)18-9-15-19-14(10-21-15)16(2,3)4/h6-8,10,18H,5,9H2,1-4H3. The molecule has 0 unspecified atom stereocenters. The van der Waals surface area contributed by atoms with Crippen molar-refractivity contribution in [2.24, 2.45) is 0 Å². The smallest absolute Gasteiger partial charge is 0.167 e. The van der Waals surface area contributed by atoms with Crippen LogP contribution in [0.2, 0.25) is 0 Å². The molecule has 0 fully saturated rings. The van der Waals surface area contributed by atoms with Crippen LogP contribution in [0.4, 0.5) is 10.1 Å². The van der Waals surface area contributed by atoms with Crippen molar-refractivity contribution < 1.29 is 9.13 Å². The van der Waals surface area contributed by atoms with Crippen LogP contribution in [0.5, 0.6) is 5.75 Å². The monoisotopic (exact) mass is 308 g/mol.